The second kappa shape index (κ2) is 5.55. The number of Topliss-reactive ketones (excluding diaryl/α,β-unsaturated/α-hetero) is 1. The molecule has 0 amide bonds. The second-order valence-corrected chi connectivity index (χ2v) is 5.73. The number of benzene rings is 2. The Bertz CT molecular complexity index is 526. The summed E-state index contributed by atoms with van der Waals surface area (Å²) in [4.78, 5) is 12.2. The number of carbonyl (C=O) groups is 1. The van der Waals surface area contributed by atoms with Crippen molar-refractivity contribution in [2.45, 2.75) is 3.97 Å². The van der Waals surface area contributed by atoms with E-state index in [2.05, 4.69) is 15.9 Å². The van der Waals surface area contributed by atoms with Crippen molar-refractivity contribution >= 4 is 33.3 Å². The number of ether oxygens (including phenoxy) is 1. The molecule has 18 heavy (non-hydrogen) atoms. The van der Waals surface area contributed by atoms with E-state index in [0.29, 0.717) is 11.3 Å². The first kappa shape index (κ1) is 13.1. The van der Waals surface area contributed by atoms with Crippen molar-refractivity contribution < 1.29 is 9.53 Å². The standard InChI is InChI=1S/C14H10BrClO2/c15-14(16,18-12-9-5-2-6-10-12)13(17)11-7-3-1-4-8-11/h1-10H. The molecule has 2 aromatic carbocycles. The van der Waals surface area contributed by atoms with Gasteiger partial charge in [-0.25, -0.2) is 0 Å². The van der Waals surface area contributed by atoms with Crippen LogP contribution in [0.25, 0.3) is 0 Å². The normalized spacial score (nSPS) is 13.7. The Morgan fingerprint density at radius 1 is 1.00 bits per heavy atom. The Morgan fingerprint density at radius 3 is 2.06 bits per heavy atom. The zero-order chi connectivity index (χ0) is 13.0. The van der Waals surface area contributed by atoms with Gasteiger partial charge in [0.25, 0.3) is 0 Å². The van der Waals surface area contributed by atoms with Gasteiger partial charge in [0, 0.05) is 5.56 Å². The van der Waals surface area contributed by atoms with Crippen molar-refractivity contribution in [1.29, 1.82) is 0 Å². The van der Waals surface area contributed by atoms with Crippen molar-refractivity contribution in [3.8, 4) is 5.75 Å². The third-order valence-electron chi connectivity index (χ3n) is 2.29. The fourth-order valence-corrected chi connectivity index (χ4v) is 2.05. The summed E-state index contributed by atoms with van der Waals surface area (Å²) >= 11 is 9.22. The molecule has 0 bridgehead atoms. The Morgan fingerprint density at radius 2 is 1.50 bits per heavy atom. The molecule has 0 radical (unpaired) electrons. The molecule has 0 aliphatic carbocycles. The van der Waals surface area contributed by atoms with Crippen LogP contribution in [0.4, 0.5) is 0 Å². The van der Waals surface area contributed by atoms with Gasteiger partial charge in [0.05, 0.1) is 0 Å². The Hall–Kier alpha value is -1.32. The van der Waals surface area contributed by atoms with Crippen LogP contribution in [0.5, 0.6) is 5.75 Å². The van der Waals surface area contributed by atoms with Gasteiger partial charge in [-0.3, -0.25) is 4.79 Å². The maximum Gasteiger partial charge on any atom is 0.301 e. The second-order valence-electron chi connectivity index (χ2n) is 3.63. The molecule has 0 fully saturated rings. The van der Waals surface area contributed by atoms with Gasteiger partial charge < -0.3 is 4.74 Å². The lowest BCUT2D eigenvalue weighted by atomic mass is 10.1. The molecular formula is C14H10BrClO2. The summed E-state index contributed by atoms with van der Waals surface area (Å²) in [7, 11) is 0. The molecule has 0 saturated heterocycles. The van der Waals surface area contributed by atoms with E-state index in [0.717, 1.165) is 0 Å². The number of halogens is 2. The third-order valence-corrected chi connectivity index (χ3v) is 3.06. The first-order valence-corrected chi connectivity index (χ1v) is 6.48. The lowest BCUT2D eigenvalue weighted by Crippen LogP contribution is -2.32. The molecule has 1 atom stereocenters. The number of rotatable bonds is 4. The number of hydrogen-bond acceptors (Lipinski definition) is 2. The van der Waals surface area contributed by atoms with Crippen molar-refractivity contribution in [2.75, 3.05) is 0 Å². The number of alkyl halides is 2. The first-order chi connectivity index (χ1) is 8.59. The van der Waals surface area contributed by atoms with Crippen molar-refractivity contribution in [3.05, 3.63) is 66.2 Å². The highest BCUT2D eigenvalue weighted by molar-refractivity contribution is 9.10. The smallest absolute Gasteiger partial charge is 0.301 e. The molecule has 2 aromatic rings. The molecule has 4 heteroatoms. The molecule has 2 nitrogen and oxygen atoms in total. The maximum atomic E-state index is 12.2. The van der Waals surface area contributed by atoms with E-state index >= 15 is 0 Å². The van der Waals surface area contributed by atoms with Crippen molar-refractivity contribution in [3.63, 3.8) is 0 Å². The minimum absolute atomic E-state index is 0.339. The van der Waals surface area contributed by atoms with E-state index in [-0.39, 0.29) is 5.78 Å². The highest BCUT2D eigenvalue weighted by Crippen LogP contribution is 2.31. The van der Waals surface area contributed by atoms with Gasteiger partial charge in [-0.05, 0) is 28.1 Å². The zero-order valence-corrected chi connectivity index (χ0v) is 11.7. The van der Waals surface area contributed by atoms with E-state index in [9.17, 15) is 4.79 Å². The highest BCUT2D eigenvalue weighted by Gasteiger charge is 2.36. The lowest BCUT2D eigenvalue weighted by Gasteiger charge is -2.20. The minimum Gasteiger partial charge on any atom is -0.455 e. The first-order valence-electron chi connectivity index (χ1n) is 5.31. The van der Waals surface area contributed by atoms with Gasteiger partial charge in [0.2, 0.25) is 5.78 Å². The average molecular weight is 326 g/mol. The Labute approximate surface area is 119 Å². The number of hydrogen-bond donors (Lipinski definition) is 0. The summed E-state index contributed by atoms with van der Waals surface area (Å²) in [5.74, 6) is 0.183. The van der Waals surface area contributed by atoms with Gasteiger partial charge in [-0.15, -0.1) is 0 Å². The lowest BCUT2D eigenvalue weighted by molar-refractivity contribution is 0.0857. The van der Waals surface area contributed by atoms with E-state index < -0.39 is 3.97 Å². The molecule has 92 valence electrons. The molecular weight excluding hydrogens is 316 g/mol. The number of ketones is 1. The van der Waals surface area contributed by atoms with E-state index in [1.54, 1.807) is 36.4 Å². The van der Waals surface area contributed by atoms with Crippen LogP contribution in [-0.4, -0.2) is 9.75 Å². The van der Waals surface area contributed by atoms with Crippen LogP contribution >= 0.6 is 27.5 Å². The van der Waals surface area contributed by atoms with Crippen molar-refractivity contribution in [1.82, 2.24) is 0 Å². The van der Waals surface area contributed by atoms with Crippen LogP contribution in [0.3, 0.4) is 0 Å². The predicted octanol–water partition coefficient (Wildman–Crippen LogP) is 4.24. The van der Waals surface area contributed by atoms with Crippen LogP contribution in [-0.2, 0) is 0 Å². The molecule has 1 unspecified atom stereocenters. The number of para-hydroxylation sites is 1. The topological polar surface area (TPSA) is 26.3 Å². The van der Waals surface area contributed by atoms with Gasteiger partial charge in [0.1, 0.15) is 5.75 Å². The van der Waals surface area contributed by atoms with Gasteiger partial charge in [-0.2, -0.15) is 0 Å². The summed E-state index contributed by atoms with van der Waals surface area (Å²) < 4.78 is 3.86. The van der Waals surface area contributed by atoms with Crippen LogP contribution in [0.2, 0.25) is 0 Å². The predicted molar refractivity (Wildman–Crippen MR) is 75.4 cm³/mol. The summed E-state index contributed by atoms with van der Waals surface area (Å²) in [6, 6.07) is 17.7. The highest BCUT2D eigenvalue weighted by atomic mass is 79.9. The summed E-state index contributed by atoms with van der Waals surface area (Å²) in [5, 5.41) is 0. The van der Waals surface area contributed by atoms with E-state index in [1.165, 1.54) is 0 Å². The van der Waals surface area contributed by atoms with Gasteiger partial charge >= 0.3 is 3.97 Å². The Balaban J connectivity index is 2.19. The molecule has 0 aliphatic heterocycles. The van der Waals surface area contributed by atoms with E-state index in [1.807, 2.05) is 24.3 Å². The average Bonchev–Trinajstić information content (AvgIpc) is 2.39. The summed E-state index contributed by atoms with van der Waals surface area (Å²) in [5.41, 5.74) is 0.486. The van der Waals surface area contributed by atoms with Crippen LogP contribution in [0.15, 0.2) is 60.7 Å². The summed E-state index contributed by atoms with van der Waals surface area (Å²) in [6.07, 6.45) is 0. The third kappa shape index (κ3) is 3.12. The molecule has 0 aliphatic rings. The quantitative estimate of drug-likeness (QED) is 0.621. The molecule has 0 N–H and O–H groups in total. The number of carbonyl (C=O) groups excluding carboxylic acids is 1. The largest absolute Gasteiger partial charge is 0.455 e. The fraction of sp³-hybridized carbons (Fsp3) is 0.0714. The Kier molecular flexibility index (Phi) is 4.04. The van der Waals surface area contributed by atoms with Crippen LogP contribution < -0.4 is 4.74 Å². The molecule has 0 aromatic heterocycles. The van der Waals surface area contributed by atoms with Gasteiger partial charge in [-0.1, -0.05) is 60.1 Å². The van der Waals surface area contributed by atoms with Crippen molar-refractivity contribution in [2.24, 2.45) is 0 Å². The van der Waals surface area contributed by atoms with Gasteiger partial charge in [0.15, 0.2) is 0 Å². The van der Waals surface area contributed by atoms with Crippen LogP contribution in [0, 0.1) is 0 Å². The maximum absolute atomic E-state index is 12.2. The minimum atomic E-state index is -1.59. The molecule has 0 spiro atoms. The monoisotopic (exact) mass is 324 g/mol. The fourth-order valence-electron chi connectivity index (χ4n) is 1.44. The molecule has 0 saturated carbocycles. The van der Waals surface area contributed by atoms with E-state index in [4.69, 9.17) is 16.3 Å². The van der Waals surface area contributed by atoms with Crippen LogP contribution in [0.1, 0.15) is 10.4 Å². The molecule has 0 heterocycles. The SMILES string of the molecule is O=C(c1ccccc1)C(Cl)(Br)Oc1ccccc1. The summed E-state index contributed by atoms with van der Waals surface area (Å²) in [6.45, 7) is 0. The zero-order valence-electron chi connectivity index (χ0n) is 9.35. The molecule has 2 rings (SSSR count).